The first kappa shape index (κ1) is 18.0. The normalized spacial score (nSPS) is 26.7. The van der Waals surface area contributed by atoms with Crippen LogP contribution in [0.25, 0.3) is 0 Å². The number of rotatable bonds is 5. The summed E-state index contributed by atoms with van der Waals surface area (Å²) in [5, 5.41) is 0. The summed E-state index contributed by atoms with van der Waals surface area (Å²) >= 11 is 0. The zero-order chi connectivity index (χ0) is 16.1. The maximum atomic E-state index is 2.55. The third kappa shape index (κ3) is 4.07. The average Bonchev–Trinajstić information content (AvgIpc) is 2.62. The maximum Gasteiger partial charge on any atom is 0.0631 e. The molecule has 3 rings (SSSR count). The fraction of sp³-hybridized carbons (Fsp3) is 1.00. The smallest absolute Gasteiger partial charge is 0.0630 e. The highest BCUT2D eigenvalue weighted by Gasteiger charge is 2.52. The lowest BCUT2D eigenvalue weighted by Gasteiger charge is -2.54. The van der Waals surface area contributed by atoms with Crippen LogP contribution in [0.2, 0.25) is 22.7 Å². The maximum absolute atomic E-state index is 2.55. The summed E-state index contributed by atoms with van der Waals surface area (Å²) in [6, 6.07) is 1.69. The van der Waals surface area contributed by atoms with Crippen LogP contribution in [0.3, 0.4) is 0 Å². The van der Waals surface area contributed by atoms with E-state index < -0.39 is 8.07 Å². The molecule has 0 aromatic rings. The molecule has 0 radical (unpaired) electrons. The molecule has 0 saturated heterocycles. The fourth-order valence-corrected chi connectivity index (χ4v) is 16.0. The van der Waals surface area contributed by atoms with Crippen LogP contribution in [0.5, 0.6) is 0 Å². The van der Waals surface area contributed by atoms with Crippen molar-refractivity contribution in [2.75, 3.05) is 0 Å². The number of hydrogen-bond donors (Lipinski definition) is 0. The second-order valence-electron chi connectivity index (χ2n) is 9.72. The van der Waals surface area contributed by atoms with E-state index in [2.05, 4.69) is 13.8 Å². The Hall–Kier alpha value is 0.217. The molecule has 0 atom stereocenters. The minimum Gasteiger partial charge on any atom is -0.0630 e. The van der Waals surface area contributed by atoms with Crippen molar-refractivity contribution < 1.29 is 0 Å². The van der Waals surface area contributed by atoms with Crippen molar-refractivity contribution >= 4 is 8.07 Å². The molecule has 1 heteroatoms. The van der Waals surface area contributed by atoms with E-state index in [4.69, 9.17) is 0 Å². The van der Waals surface area contributed by atoms with Crippen LogP contribution >= 0.6 is 0 Å². The molecule has 23 heavy (non-hydrogen) atoms. The van der Waals surface area contributed by atoms with Gasteiger partial charge in [-0.2, -0.15) is 0 Å². The molecule has 3 fully saturated rings. The Bertz CT molecular complexity index is 284. The summed E-state index contributed by atoms with van der Waals surface area (Å²) in [6.07, 6.45) is 23.8. The second kappa shape index (κ2) is 8.54. The van der Waals surface area contributed by atoms with Crippen LogP contribution in [0.1, 0.15) is 110 Å². The molecule has 0 aliphatic heterocycles. The summed E-state index contributed by atoms with van der Waals surface area (Å²) in [5.74, 6) is 0.951. The molecule has 0 spiro atoms. The van der Waals surface area contributed by atoms with Gasteiger partial charge in [-0.25, -0.2) is 0 Å². The van der Waals surface area contributed by atoms with E-state index in [-0.39, 0.29) is 0 Å². The first-order chi connectivity index (χ1) is 11.2. The molecule has 3 saturated carbocycles. The Morgan fingerprint density at radius 1 is 0.565 bits per heavy atom. The highest BCUT2D eigenvalue weighted by molar-refractivity contribution is 6.84. The van der Waals surface area contributed by atoms with Gasteiger partial charge in [0.25, 0.3) is 0 Å². The van der Waals surface area contributed by atoms with Gasteiger partial charge in [0.1, 0.15) is 0 Å². The Kier molecular flexibility index (Phi) is 6.69. The van der Waals surface area contributed by atoms with Gasteiger partial charge in [0.2, 0.25) is 0 Å². The second-order valence-corrected chi connectivity index (χ2v) is 14.8. The molecule has 0 unspecified atom stereocenters. The first-order valence-corrected chi connectivity index (χ1v) is 13.7. The molecule has 134 valence electrons. The first-order valence-electron chi connectivity index (χ1n) is 11.2. The molecular formula is C22H42Si. The Morgan fingerprint density at radius 2 is 0.870 bits per heavy atom. The topological polar surface area (TPSA) is 0 Å². The molecule has 0 aromatic carbocycles. The molecule has 3 aliphatic carbocycles. The Balaban J connectivity index is 1.91. The SMILES string of the molecule is CC(C)C[Si](C1CCCCC1)(C1CCCCC1)C1CCCCC1. The largest absolute Gasteiger partial charge is 0.0631 e. The van der Waals surface area contributed by atoms with Gasteiger partial charge >= 0.3 is 0 Å². The van der Waals surface area contributed by atoms with Crippen LogP contribution in [-0.4, -0.2) is 8.07 Å². The van der Waals surface area contributed by atoms with Crippen molar-refractivity contribution in [3.8, 4) is 0 Å². The molecule has 0 heterocycles. The predicted octanol–water partition coefficient (Wildman–Crippen LogP) is 8.09. The van der Waals surface area contributed by atoms with Gasteiger partial charge in [-0.3, -0.25) is 0 Å². The summed E-state index contributed by atoms with van der Waals surface area (Å²) in [6.45, 7) is 5.10. The molecule has 0 N–H and O–H groups in total. The molecule has 0 bridgehead atoms. The van der Waals surface area contributed by atoms with Crippen LogP contribution in [0.15, 0.2) is 0 Å². The van der Waals surface area contributed by atoms with Gasteiger partial charge in [0.15, 0.2) is 0 Å². The average molecular weight is 335 g/mol. The molecule has 3 aliphatic rings. The minimum absolute atomic E-state index is 0.951. The van der Waals surface area contributed by atoms with Gasteiger partial charge in [-0.05, 0) is 22.5 Å². The lowest BCUT2D eigenvalue weighted by atomic mass is 9.98. The van der Waals surface area contributed by atoms with Gasteiger partial charge < -0.3 is 0 Å². The van der Waals surface area contributed by atoms with E-state index >= 15 is 0 Å². The standard InChI is InChI=1S/C22H42Si/c1-19(2)18-23(20-12-6-3-7-13-20,21-14-8-4-9-15-21)22-16-10-5-11-17-22/h19-22H,3-18H2,1-2H3. The van der Waals surface area contributed by atoms with E-state index in [9.17, 15) is 0 Å². The van der Waals surface area contributed by atoms with E-state index in [0.29, 0.717) is 0 Å². The highest BCUT2D eigenvalue weighted by Crippen LogP contribution is 2.59. The zero-order valence-corrected chi connectivity index (χ0v) is 17.1. The van der Waals surface area contributed by atoms with E-state index in [0.717, 1.165) is 5.92 Å². The Labute approximate surface area is 147 Å². The van der Waals surface area contributed by atoms with Crippen LogP contribution in [0, 0.1) is 5.92 Å². The summed E-state index contributed by atoms with van der Waals surface area (Å²) in [7, 11) is -1.16. The molecule has 0 amide bonds. The van der Waals surface area contributed by atoms with Gasteiger partial charge in [0, 0.05) is 0 Å². The van der Waals surface area contributed by atoms with Crippen molar-refractivity contribution in [3.05, 3.63) is 0 Å². The third-order valence-electron chi connectivity index (χ3n) is 7.86. The molecule has 0 aromatic heterocycles. The van der Waals surface area contributed by atoms with Crippen molar-refractivity contribution in [2.45, 2.75) is 133 Å². The third-order valence-corrected chi connectivity index (χ3v) is 15.7. The summed E-state index contributed by atoms with van der Waals surface area (Å²) in [4.78, 5) is 0. The van der Waals surface area contributed by atoms with Crippen LogP contribution < -0.4 is 0 Å². The Morgan fingerprint density at radius 3 is 1.13 bits per heavy atom. The zero-order valence-electron chi connectivity index (χ0n) is 16.1. The van der Waals surface area contributed by atoms with E-state index in [1.807, 2.05) is 0 Å². The van der Waals surface area contributed by atoms with Crippen LogP contribution in [-0.2, 0) is 0 Å². The van der Waals surface area contributed by atoms with Crippen molar-refractivity contribution in [1.82, 2.24) is 0 Å². The van der Waals surface area contributed by atoms with Crippen LogP contribution in [0.4, 0.5) is 0 Å². The summed E-state index contributed by atoms with van der Waals surface area (Å²) < 4.78 is 0. The number of hydrogen-bond acceptors (Lipinski definition) is 0. The predicted molar refractivity (Wildman–Crippen MR) is 106 cm³/mol. The lowest BCUT2D eigenvalue weighted by molar-refractivity contribution is 0.407. The van der Waals surface area contributed by atoms with Gasteiger partial charge in [-0.1, -0.05) is 116 Å². The van der Waals surface area contributed by atoms with Gasteiger partial charge in [-0.15, -0.1) is 0 Å². The van der Waals surface area contributed by atoms with Gasteiger partial charge in [0.05, 0.1) is 8.07 Å². The molecule has 0 nitrogen and oxygen atoms in total. The fourth-order valence-electron chi connectivity index (χ4n) is 7.13. The van der Waals surface area contributed by atoms with Crippen molar-refractivity contribution in [2.24, 2.45) is 5.92 Å². The van der Waals surface area contributed by atoms with Crippen molar-refractivity contribution in [1.29, 1.82) is 0 Å². The van der Waals surface area contributed by atoms with Crippen molar-refractivity contribution in [3.63, 3.8) is 0 Å². The monoisotopic (exact) mass is 334 g/mol. The highest BCUT2D eigenvalue weighted by atomic mass is 28.3. The van der Waals surface area contributed by atoms with E-state index in [1.54, 1.807) is 83.1 Å². The quantitative estimate of drug-likeness (QED) is 0.445. The lowest BCUT2D eigenvalue weighted by Crippen LogP contribution is -2.51. The molecular weight excluding hydrogens is 292 g/mol. The summed E-state index contributed by atoms with van der Waals surface area (Å²) in [5.41, 5.74) is 3.64. The minimum atomic E-state index is -1.16. The van der Waals surface area contributed by atoms with E-state index in [1.165, 1.54) is 35.9 Å².